The first-order valence-electron chi connectivity index (χ1n) is 7.10. The van der Waals surface area contributed by atoms with Crippen LogP contribution in [0.25, 0.3) is 11.1 Å². The Morgan fingerprint density at radius 1 is 1.29 bits per heavy atom. The monoisotopic (exact) mass is 342 g/mol. The van der Waals surface area contributed by atoms with Gasteiger partial charge in [-0.05, 0) is 39.0 Å². The first-order valence-corrected chi connectivity index (χ1v) is 7.10. The number of hydrogen-bond donors (Lipinski definition) is 1. The number of benzene rings is 1. The largest absolute Gasteiger partial charge is 0.507 e. The predicted molar refractivity (Wildman–Crippen MR) is 80.2 cm³/mol. The third-order valence-electron chi connectivity index (χ3n) is 2.98. The lowest BCUT2D eigenvalue weighted by Gasteiger charge is -2.19. The molecule has 0 saturated carbocycles. The zero-order valence-electron chi connectivity index (χ0n) is 13.4. The molecule has 0 fully saturated rings. The molecule has 1 heterocycles. The number of aromatic hydroxyl groups is 1. The van der Waals surface area contributed by atoms with Crippen molar-refractivity contribution >= 4 is 5.97 Å². The smallest absolute Gasteiger partial charge is 0.416 e. The normalized spacial score (nSPS) is 12.2. The molecule has 1 aromatic heterocycles. The number of phenolic OH excluding ortho intramolecular Hbond substituents is 1. The Bertz CT molecular complexity index is 746. The summed E-state index contributed by atoms with van der Waals surface area (Å²) in [6.07, 6.45) is -1.73. The Balaban J connectivity index is 2.18. The fourth-order valence-corrected chi connectivity index (χ4v) is 2.05. The second kappa shape index (κ2) is 6.18. The quantitative estimate of drug-likeness (QED) is 0.866. The molecular weight excluding hydrogens is 325 g/mol. The summed E-state index contributed by atoms with van der Waals surface area (Å²) < 4.78 is 44.3. The van der Waals surface area contributed by atoms with Gasteiger partial charge in [-0.2, -0.15) is 18.3 Å². The van der Waals surface area contributed by atoms with Gasteiger partial charge in [0, 0.05) is 17.3 Å². The molecule has 0 aliphatic carbocycles. The fourth-order valence-electron chi connectivity index (χ4n) is 2.05. The van der Waals surface area contributed by atoms with Crippen molar-refractivity contribution in [1.29, 1.82) is 0 Å². The maximum atomic E-state index is 12.6. The van der Waals surface area contributed by atoms with Crippen LogP contribution in [0, 0.1) is 0 Å². The molecule has 8 heteroatoms. The van der Waals surface area contributed by atoms with Crippen LogP contribution in [0.4, 0.5) is 13.2 Å². The molecule has 24 heavy (non-hydrogen) atoms. The van der Waals surface area contributed by atoms with Gasteiger partial charge in [-0.25, -0.2) is 0 Å². The van der Waals surface area contributed by atoms with Gasteiger partial charge >= 0.3 is 12.1 Å². The van der Waals surface area contributed by atoms with Gasteiger partial charge in [0.2, 0.25) is 0 Å². The predicted octanol–water partition coefficient (Wildman–Crippen LogP) is 3.62. The molecule has 0 bridgehead atoms. The first kappa shape index (κ1) is 17.8. The highest BCUT2D eigenvalue weighted by Crippen LogP contribution is 2.36. The number of phenols is 1. The van der Waals surface area contributed by atoms with Crippen molar-refractivity contribution < 1.29 is 27.8 Å². The summed E-state index contributed by atoms with van der Waals surface area (Å²) >= 11 is 0. The summed E-state index contributed by atoms with van der Waals surface area (Å²) in [5.74, 6) is -1.00. The molecule has 2 aromatic rings. The van der Waals surface area contributed by atoms with E-state index in [0.29, 0.717) is 11.6 Å². The van der Waals surface area contributed by atoms with Crippen molar-refractivity contribution in [2.45, 2.75) is 39.1 Å². The number of rotatable bonds is 3. The number of esters is 1. The van der Waals surface area contributed by atoms with E-state index in [4.69, 9.17) is 4.74 Å². The lowest BCUT2D eigenvalue weighted by Crippen LogP contribution is -2.26. The fraction of sp³-hybridized carbons (Fsp3) is 0.375. The maximum absolute atomic E-state index is 12.6. The van der Waals surface area contributed by atoms with E-state index in [1.165, 1.54) is 17.1 Å². The van der Waals surface area contributed by atoms with Crippen molar-refractivity contribution in [3.8, 4) is 16.9 Å². The standard InChI is InChI=1S/C16H17F3N2O3/c1-15(2,3)24-14(23)9-21-8-10(7-20-21)12-5-4-11(6-13(12)22)16(17,18)19/h4-8,22H,9H2,1-3H3. The van der Waals surface area contributed by atoms with Crippen LogP contribution in [0.5, 0.6) is 5.75 Å². The van der Waals surface area contributed by atoms with Crippen molar-refractivity contribution in [2.24, 2.45) is 0 Å². The topological polar surface area (TPSA) is 64.3 Å². The van der Waals surface area contributed by atoms with Crippen molar-refractivity contribution in [1.82, 2.24) is 9.78 Å². The van der Waals surface area contributed by atoms with Crippen LogP contribution >= 0.6 is 0 Å². The number of carbonyl (C=O) groups excluding carboxylic acids is 1. The van der Waals surface area contributed by atoms with Crippen LogP contribution in [0.15, 0.2) is 30.6 Å². The Kier molecular flexibility index (Phi) is 4.59. The van der Waals surface area contributed by atoms with Crippen molar-refractivity contribution in [3.63, 3.8) is 0 Å². The molecule has 2 rings (SSSR count). The number of aromatic nitrogens is 2. The summed E-state index contributed by atoms with van der Waals surface area (Å²) in [5.41, 5.74) is -0.980. The molecule has 5 nitrogen and oxygen atoms in total. The summed E-state index contributed by atoms with van der Waals surface area (Å²) in [7, 11) is 0. The second-order valence-corrected chi connectivity index (χ2v) is 6.24. The van der Waals surface area contributed by atoms with Crippen LogP contribution in [0.1, 0.15) is 26.3 Å². The van der Waals surface area contributed by atoms with Gasteiger partial charge in [0.25, 0.3) is 0 Å². The minimum atomic E-state index is -4.53. The van der Waals surface area contributed by atoms with Crippen LogP contribution in [0.3, 0.4) is 0 Å². The highest BCUT2D eigenvalue weighted by molar-refractivity contribution is 5.71. The lowest BCUT2D eigenvalue weighted by atomic mass is 10.1. The number of nitrogens with zero attached hydrogens (tertiary/aromatic N) is 2. The number of halogens is 3. The maximum Gasteiger partial charge on any atom is 0.416 e. The van der Waals surface area contributed by atoms with Crippen molar-refractivity contribution in [3.05, 3.63) is 36.2 Å². The molecule has 0 spiro atoms. The van der Waals surface area contributed by atoms with Gasteiger partial charge < -0.3 is 9.84 Å². The highest BCUT2D eigenvalue weighted by atomic mass is 19.4. The number of alkyl halides is 3. The van der Waals surface area contributed by atoms with E-state index >= 15 is 0 Å². The summed E-state index contributed by atoms with van der Waals surface area (Å²) in [6.45, 7) is 5.07. The summed E-state index contributed by atoms with van der Waals surface area (Å²) in [4.78, 5) is 11.7. The average molecular weight is 342 g/mol. The van der Waals surface area contributed by atoms with Gasteiger partial charge in [0.1, 0.15) is 17.9 Å². The van der Waals surface area contributed by atoms with E-state index in [1.54, 1.807) is 20.8 Å². The highest BCUT2D eigenvalue weighted by Gasteiger charge is 2.31. The van der Waals surface area contributed by atoms with Gasteiger partial charge in [0.05, 0.1) is 11.8 Å². The lowest BCUT2D eigenvalue weighted by molar-refractivity contribution is -0.155. The van der Waals surface area contributed by atoms with E-state index < -0.39 is 29.1 Å². The molecule has 0 atom stereocenters. The van der Waals surface area contributed by atoms with E-state index in [2.05, 4.69) is 5.10 Å². The average Bonchev–Trinajstić information content (AvgIpc) is 2.83. The number of hydrogen-bond acceptors (Lipinski definition) is 4. The zero-order chi connectivity index (χ0) is 18.1. The molecule has 130 valence electrons. The van der Waals surface area contributed by atoms with Crippen molar-refractivity contribution in [2.75, 3.05) is 0 Å². The molecule has 0 aliphatic rings. The van der Waals surface area contributed by atoms with Crippen LogP contribution in [0.2, 0.25) is 0 Å². The third kappa shape index (κ3) is 4.50. The Morgan fingerprint density at radius 3 is 2.50 bits per heavy atom. The van der Waals surface area contributed by atoms with E-state index in [9.17, 15) is 23.1 Å². The molecule has 0 amide bonds. The minimum Gasteiger partial charge on any atom is -0.507 e. The molecule has 1 aromatic carbocycles. The molecule has 0 radical (unpaired) electrons. The first-order chi connectivity index (χ1) is 11.0. The Morgan fingerprint density at radius 2 is 1.96 bits per heavy atom. The molecular formula is C16H17F3N2O3. The Labute approximate surface area is 136 Å². The van der Waals surface area contributed by atoms with Gasteiger partial charge in [0.15, 0.2) is 0 Å². The summed E-state index contributed by atoms with van der Waals surface area (Å²) in [5, 5.41) is 13.8. The SMILES string of the molecule is CC(C)(C)OC(=O)Cn1cc(-c2ccc(C(F)(F)F)cc2O)cn1. The van der Waals surface area contributed by atoms with Gasteiger partial charge in [-0.15, -0.1) is 0 Å². The van der Waals surface area contributed by atoms with E-state index in [1.807, 2.05) is 0 Å². The third-order valence-corrected chi connectivity index (χ3v) is 2.98. The van der Waals surface area contributed by atoms with Gasteiger partial charge in [-0.3, -0.25) is 9.48 Å². The number of carbonyl (C=O) groups is 1. The zero-order valence-corrected chi connectivity index (χ0v) is 13.4. The van der Waals surface area contributed by atoms with E-state index in [-0.39, 0.29) is 12.1 Å². The van der Waals surface area contributed by atoms with Crippen LogP contribution in [-0.2, 0) is 22.3 Å². The molecule has 0 unspecified atom stereocenters. The van der Waals surface area contributed by atoms with Crippen LogP contribution in [-0.4, -0.2) is 26.5 Å². The Hall–Kier alpha value is -2.51. The van der Waals surface area contributed by atoms with Gasteiger partial charge in [-0.1, -0.05) is 0 Å². The number of ether oxygens (including phenoxy) is 1. The molecule has 0 aliphatic heterocycles. The summed E-state index contributed by atoms with van der Waals surface area (Å²) in [6, 6.07) is 2.69. The molecule has 1 N–H and O–H groups in total. The van der Waals surface area contributed by atoms with E-state index in [0.717, 1.165) is 12.1 Å². The second-order valence-electron chi connectivity index (χ2n) is 6.24. The van der Waals surface area contributed by atoms with Crippen LogP contribution < -0.4 is 0 Å². The molecule has 0 saturated heterocycles. The minimum absolute atomic E-state index is 0.140.